The van der Waals surface area contributed by atoms with Crippen LogP contribution in [-0.4, -0.2) is 11.0 Å². The molecule has 0 amide bonds. The number of nitrogens with one attached hydrogen (secondary N) is 1. The van der Waals surface area contributed by atoms with Crippen molar-refractivity contribution < 1.29 is 9.90 Å². The van der Waals surface area contributed by atoms with E-state index in [1.54, 1.807) is 6.07 Å². The maximum absolute atomic E-state index is 9.92. The molecule has 0 spiro atoms. The second-order valence-electron chi connectivity index (χ2n) is 1.37. The Labute approximate surface area is 52.1 Å². The first kappa shape index (κ1) is 7.71. The van der Waals surface area contributed by atoms with Crippen LogP contribution in [0, 0.1) is 0 Å². The zero-order valence-corrected chi connectivity index (χ0v) is 5.05. The Bertz CT molecular complexity index is 181. The fourth-order valence-electron chi connectivity index (χ4n) is 0.457. The number of aromatic nitrogens is 1. The lowest BCUT2D eigenvalue weighted by Crippen LogP contribution is -2.22. The highest BCUT2D eigenvalue weighted by Crippen LogP contribution is 1.89. The molecule has 0 saturated carbocycles. The van der Waals surface area contributed by atoms with Gasteiger partial charge in [-0.1, -0.05) is 0 Å². The first-order valence-corrected chi connectivity index (χ1v) is 2.15. The van der Waals surface area contributed by atoms with E-state index in [1.807, 2.05) is 0 Å². The van der Waals surface area contributed by atoms with Crippen molar-refractivity contribution in [3.05, 3.63) is 24.0 Å². The molecule has 0 fully saturated rings. The molecule has 0 aliphatic heterocycles. The zero-order chi connectivity index (χ0) is 5.98. The first-order chi connectivity index (χ1) is 3.80. The molecule has 50 valence electrons. The molecular formula is C5H8N2O2. The van der Waals surface area contributed by atoms with Crippen LogP contribution in [0.15, 0.2) is 18.3 Å². The Morgan fingerprint density at radius 3 is 2.56 bits per heavy atom. The van der Waals surface area contributed by atoms with Crippen LogP contribution < -0.4 is 11.3 Å². The number of quaternary nitrogens is 1. The molecule has 9 heavy (non-hydrogen) atoms. The normalized spacial score (nSPS) is 8.00. The average molecular weight is 128 g/mol. The van der Waals surface area contributed by atoms with E-state index in [9.17, 15) is 9.90 Å². The highest BCUT2D eigenvalue weighted by Gasteiger charge is 1.87. The van der Waals surface area contributed by atoms with Gasteiger partial charge in [0.05, 0.1) is 11.7 Å². The van der Waals surface area contributed by atoms with Crippen LogP contribution in [0.3, 0.4) is 0 Å². The summed E-state index contributed by atoms with van der Waals surface area (Å²) < 4.78 is 0. The number of rotatable bonds is 1. The number of aromatic amines is 1. The number of carboxylic acid groups (broad SMARTS) is 1. The molecule has 0 aliphatic carbocycles. The molecule has 0 aliphatic rings. The Hall–Kier alpha value is -1.29. The lowest BCUT2D eigenvalue weighted by molar-refractivity contribution is -0.255. The molecule has 5 N–H and O–H groups in total. The van der Waals surface area contributed by atoms with Crippen LogP contribution in [0.5, 0.6) is 0 Å². The van der Waals surface area contributed by atoms with Gasteiger partial charge < -0.3 is 21.0 Å². The molecule has 0 aromatic carbocycles. The molecule has 1 aromatic heterocycles. The maximum atomic E-state index is 9.92. The number of hydrogen-bond acceptors (Lipinski definition) is 2. The van der Waals surface area contributed by atoms with Crippen molar-refractivity contribution in [3.63, 3.8) is 0 Å². The largest absolute Gasteiger partial charge is 0.543 e. The summed E-state index contributed by atoms with van der Waals surface area (Å²) in [6.07, 6.45) is 1.53. The summed E-state index contributed by atoms with van der Waals surface area (Å²) in [5.41, 5.74) is 0.116. The molecule has 1 rings (SSSR count). The quantitative estimate of drug-likeness (QED) is 0.546. The SMILES string of the molecule is O=C([O-])c1ccc[nH]1.[NH4+]. The third-order valence-corrected chi connectivity index (χ3v) is 0.818. The zero-order valence-electron chi connectivity index (χ0n) is 5.05. The molecule has 0 radical (unpaired) electrons. The van der Waals surface area contributed by atoms with E-state index in [2.05, 4.69) is 4.98 Å². The summed E-state index contributed by atoms with van der Waals surface area (Å²) in [5, 5.41) is 9.92. The monoisotopic (exact) mass is 128 g/mol. The van der Waals surface area contributed by atoms with E-state index in [-0.39, 0.29) is 11.8 Å². The van der Waals surface area contributed by atoms with Gasteiger partial charge in [0.2, 0.25) is 0 Å². The second-order valence-corrected chi connectivity index (χ2v) is 1.37. The summed E-state index contributed by atoms with van der Waals surface area (Å²) in [7, 11) is 0. The van der Waals surface area contributed by atoms with Gasteiger partial charge in [0.25, 0.3) is 0 Å². The van der Waals surface area contributed by atoms with Gasteiger partial charge >= 0.3 is 0 Å². The van der Waals surface area contributed by atoms with E-state index in [1.165, 1.54) is 12.3 Å². The Balaban J connectivity index is 0.000000640. The molecule has 1 aromatic rings. The predicted molar refractivity (Wildman–Crippen MR) is 31.1 cm³/mol. The van der Waals surface area contributed by atoms with Crippen LogP contribution in [-0.2, 0) is 0 Å². The van der Waals surface area contributed by atoms with Gasteiger partial charge in [-0.15, -0.1) is 0 Å². The molecule has 4 heteroatoms. The average Bonchev–Trinajstić information content (AvgIpc) is 2.12. The minimum absolute atomic E-state index is 0. The van der Waals surface area contributed by atoms with Crippen molar-refractivity contribution in [3.8, 4) is 0 Å². The van der Waals surface area contributed by atoms with Gasteiger partial charge in [-0.3, -0.25) is 0 Å². The minimum atomic E-state index is -1.17. The smallest absolute Gasteiger partial charge is 0.0878 e. The summed E-state index contributed by atoms with van der Waals surface area (Å²) in [6, 6.07) is 3.04. The van der Waals surface area contributed by atoms with Crippen LogP contribution in [0.4, 0.5) is 0 Å². The molecule has 0 saturated heterocycles. The van der Waals surface area contributed by atoms with Gasteiger partial charge in [-0.05, 0) is 12.1 Å². The van der Waals surface area contributed by atoms with Gasteiger partial charge in [0.1, 0.15) is 0 Å². The van der Waals surface area contributed by atoms with Crippen LogP contribution in [0.25, 0.3) is 0 Å². The Morgan fingerprint density at radius 2 is 2.33 bits per heavy atom. The Morgan fingerprint density at radius 1 is 1.67 bits per heavy atom. The summed E-state index contributed by atoms with van der Waals surface area (Å²) in [5.74, 6) is -1.17. The second kappa shape index (κ2) is 2.88. The third-order valence-electron chi connectivity index (χ3n) is 0.818. The number of carbonyl (C=O) groups excluding carboxylic acids is 1. The highest BCUT2D eigenvalue weighted by molar-refractivity contribution is 5.83. The first-order valence-electron chi connectivity index (χ1n) is 2.15. The van der Waals surface area contributed by atoms with Gasteiger partial charge in [0, 0.05) is 6.20 Å². The molecular weight excluding hydrogens is 120 g/mol. The van der Waals surface area contributed by atoms with E-state index in [0.717, 1.165) is 0 Å². The number of aromatic carboxylic acids is 1. The van der Waals surface area contributed by atoms with Crippen LogP contribution in [0.2, 0.25) is 0 Å². The van der Waals surface area contributed by atoms with Crippen molar-refractivity contribution in [2.45, 2.75) is 0 Å². The summed E-state index contributed by atoms with van der Waals surface area (Å²) in [4.78, 5) is 12.4. The molecule has 0 bridgehead atoms. The fraction of sp³-hybridized carbons (Fsp3) is 0. The fourth-order valence-corrected chi connectivity index (χ4v) is 0.457. The van der Waals surface area contributed by atoms with Gasteiger partial charge in [-0.25, -0.2) is 0 Å². The van der Waals surface area contributed by atoms with Crippen LogP contribution in [0.1, 0.15) is 10.5 Å². The summed E-state index contributed by atoms with van der Waals surface area (Å²) >= 11 is 0. The van der Waals surface area contributed by atoms with E-state index >= 15 is 0 Å². The van der Waals surface area contributed by atoms with Crippen molar-refractivity contribution in [1.82, 2.24) is 11.1 Å². The lowest BCUT2D eigenvalue weighted by atomic mass is 10.4. The molecule has 1 heterocycles. The van der Waals surface area contributed by atoms with Crippen molar-refractivity contribution in [1.29, 1.82) is 0 Å². The topological polar surface area (TPSA) is 92.4 Å². The standard InChI is InChI=1S/C5H5NO2.H3N/c7-5(8)4-2-1-3-6-4;/h1-3,6H,(H,7,8);1H3. The van der Waals surface area contributed by atoms with Crippen molar-refractivity contribution in [2.24, 2.45) is 0 Å². The lowest BCUT2D eigenvalue weighted by Gasteiger charge is -1.93. The maximum Gasteiger partial charge on any atom is 0.0878 e. The molecule has 0 atom stereocenters. The van der Waals surface area contributed by atoms with Crippen molar-refractivity contribution >= 4 is 5.97 Å². The number of hydrogen-bond donors (Lipinski definition) is 2. The summed E-state index contributed by atoms with van der Waals surface area (Å²) in [6.45, 7) is 0. The number of carbonyl (C=O) groups is 1. The number of carboxylic acids is 1. The van der Waals surface area contributed by atoms with Gasteiger partial charge in [-0.2, -0.15) is 0 Å². The van der Waals surface area contributed by atoms with Crippen molar-refractivity contribution in [2.75, 3.05) is 0 Å². The van der Waals surface area contributed by atoms with Crippen LogP contribution >= 0.6 is 0 Å². The minimum Gasteiger partial charge on any atom is -0.543 e. The number of H-pyrrole nitrogens is 1. The molecule has 4 nitrogen and oxygen atoms in total. The van der Waals surface area contributed by atoms with E-state index < -0.39 is 5.97 Å². The van der Waals surface area contributed by atoms with E-state index in [0.29, 0.717) is 0 Å². The predicted octanol–water partition coefficient (Wildman–Crippen LogP) is -0.246. The van der Waals surface area contributed by atoms with E-state index in [4.69, 9.17) is 0 Å². The Kier molecular flexibility index (Phi) is 2.47. The van der Waals surface area contributed by atoms with Gasteiger partial charge in [0.15, 0.2) is 0 Å². The third kappa shape index (κ3) is 1.58. The molecule has 0 unspecified atom stereocenters. The highest BCUT2D eigenvalue weighted by atomic mass is 16.4.